The Bertz CT molecular complexity index is 459. The summed E-state index contributed by atoms with van der Waals surface area (Å²) in [6.45, 7) is 4.94. The van der Waals surface area contributed by atoms with Gasteiger partial charge in [-0.3, -0.25) is 4.90 Å². The molecule has 1 saturated heterocycles. The van der Waals surface area contributed by atoms with Crippen LogP contribution in [0.4, 0.5) is 0 Å². The van der Waals surface area contributed by atoms with Crippen molar-refractivity contribution in [3.8, 4) is 0 Å². The smallest absolute Gasteiger partial charge is 0.232 e. The van der Waals surface area contributed by atoms with Crippen molar-refractivity contribution >= 4 is 11.3 Å². The molecule has 1 aliphatic rings. The van der Waals surface area contributed by atoms with Crippen molar-refractivity contribution in [3.05, 3.63) is 34.1 Å². The first-order valence-corrected chi connectivity index (χ1v) is 6.29. The quantitative estimate of drug-likeness (QED) is 0.816. The Balaban J connectivity index is 1.55. The van der Waals surface area contributed by atoms with Crippen LogP contribution in [0.3, 0.4) is 0 Å². The lowest BCUT2D eigenvalue weighted by Crippen LogP contribution is -2.44. The third-order valence-corrected chi connectivity index (χ3v) is 3.57. The average molecular weight is 235 g/mol. The van der Waals surface area contributed by atoms with E-state index in [1.54, 1.807) is 11.3 Å². The van der Waals surface area contributed by atoms with Gasteiger partial charge in [0.2, 0.25) is 5.89 Å². The van der Waals surface area contributed by atoms with Crippen LogP contribution in [0.25, 0.3) is 0 Å². The van der Waals surface area contributed by atoms with E-state index in [9.17, 15) is 0 Å². The summed E-state index contributed by atoms with van der Waals surface area (Å²) < 4.78 is 5.17. The summed E-state index contributed by atoms with van der Waals surface area (Å²) in [5, 5.41) is 8.13. The number of rotatable bonds is 3. The molecule has 2 aromatic heterocycles. The number of thiophene rings is 1. The van der Waals surface area contributed by atoms with Gasteiger partial charge in [-0.1, -0.05) is 5.16 Å². The maximum Gasteiger partial charge on any atom is 0.232 e. The molecule has 1 aliphatic heterocycles. The van der Waals surface area contributed by atoms with Gasteiger partial charge in [0.05, 0.1) is 5.92 Å². The summed E-state index contributed by atoms with van der Waals surface area (Å²) in [6, 6.07) is 2.18. The van der Waals surface area contributed by atoms with E-state index >= 15 is 0 Å². The third kappa shape index (κ3) is 1.88. The number of likely N-dealkylation sites (tertiary alicyclic amines) is 1. The molecule has 1 fully saturated rings. The van der Waals surface area contributed by atoms with Crippen LogP contribution in [0.2, 0.25) is 0 Å². The zero-order valence-corrected chi connectivity index (χ0v) is 9.91. The van der Waals surface area contributed by atoms with Crippen molar-refractivity contribution in [3.63, 3.8) is 0 Å². The summed E-state index contributed by atoms with van der Waals surface area (Å²) in [5.74, 6) is 1.95. The van der Waals surface area contributed by atoms with E-state index in [1.165, 1.54) is 5.56 Å². The van der Waals surface area contributed by atoms with Crippen molar-refractivity contribution in [1.29, 1.82) is 0 Å². The Labute approximate surface area is 97.9 Å². The second kappa shape index (κ2) is 3.99. The van der Waals surface area contributed by atoms with Gasteiger partial charge in [-0.15, -0.1) is 0 Å². The molecule has 0 amide bonds. The summed E-state index contributed by atoms with van der Waals surface area (Å²) in [4.78, 5) is 6.66. The van der Waals surface area contributed by atoms with Gasteiger partial charge in [-0.05, 0) is 29.3 Å². The highest BCUT2D eigenvalue weighted by atomic mass is 32.1. The first-order chi connectivity index (χ1) is 7.81. The van der Waals surface area contributed by atoms with E-state index in [0.717, 1.165) is 31.3 Å². The minimum Gasteiger partial charge on any atom is -0.339 e. The maximum absolute atomic E-state index is 5.17. The third-order valence-electron chi connectivity index (χ3n) is 2.84. The van der Waals surface area contributed by atoms with Crippen LogP contribution in [0, 0.1) is 6.92 Å². The molecule has 0 atom stereocenters. The second-order valence-electron chi connectivity index (χ2n) is 4.20. The Kier molecular flexibility index (Phi) is 2.49. The molecule has 0 N–H and O–H groups in total. The standard InChI is InChI=1S/C11H13N3OS/c1-8-12-11(15-13-8)10-5-14(6-10)4-9-2-3-16-7-9/h2-3,7,10H,4-6H2,1H3. The van der Waals surface area contributed by atoms with Crippen molar-refractivity contribution in [2.24, 2.45) is 0 Å². The van der Waals surface area contributed by atoms with Gasteiger partial charge in [0.25, 0.3) is 0 Å². The van der Waals surface area contributed by atoms with Crippen LogP contribution in [-0.2, 0) is 6.54 Å². The lowest BCUT2D eigenvalue weighted by molar-refractivity contribution is 0.117. The second-order valence-corrected chi connectivity index (χ2v) is 4.98. The molecule has 0 radical (unpaired) electrons. The number of hydrogen-bond donors (Lipinski definition) is 0. The molecule has 0 saturated carbocycles. The minimum absolute atomic E-state index is 0.430. The summed E-state index contributed by atoms with van der Waals surface area (Å²) in [6.07, 6.45) is 0. The zero-order valence-electron chi connectivity index (χ0n) is 9.09. The number of aromatic nitrogens is 2. The van der Waals surface area contributed by atoms with E-state index in [2.05, 4.69) is 31.9 Å². The van der Waals surface area contributed by atoms with Crippen LogP contribution in [0.1, 0.15) is 23.2 Å². The molecule has 3 heterocycles. The van der Waals surface area contributed by atoms with E-state index in [1.807, 2.05) is 6.92 Å². The number of nitrogens with zero attached hydrogens (tertiary/aromatic N) is 3. The van der Waals surface area contributed by atoms with Gasteiger partial charge in [0, 0.05) is 19.6 Å². The topological polar surface area (TPSA) is 42.2 Å². The van der Waals surface area contributed by atoms with Gasteiger partial charge in [-0.25, -0.2) is 0 Å². The average Bonchev–Trinajstić information content (AvgIpc) is 2.82. The summed E-state index contributed by atoms with van der Waals surface area (Å²) in [7, 11) is 0. The van der Waals surface area contributed by atoms with E-state index in [4.69, 9.17) is 4.52 Å². The Morgan fingerprint density at radius 3 is 3.06 bits per heavy atom. The monoisotopic (exact) mass is 235 g/mol. The van der Waals surface area contributed by atoms with Crippen LogP contribution >= 0.6 is 11.3 Å². The molecule has 16 heavy (non-hydrogen) atoms. The highest BCUT2D eigenvalue weighted by Gasteiger charge is 2.32. The van der Waals surface area contributed by atoms with Crippen LogP contribution in [-0.4, -0.2) is 28.1 Å². The van der Waals surface area contributed by atoms with Crippen molar-refractivity contribution in [2.75, 3.05) is 13.1 Å². The van der Waals surface area contributed by atoms with Gasteiger partial charge in [0.1, 0.15) is 0 Å². The molecule has 0 unspecified atom stereocenters. The van der Waals surface area contributed by atoms with Crippen molar-refractivity contribution in [1.82, 2.24) is 15.0 Å². The maximum atomic E-state index is 5.17. The fourth-order valence-corrected chi connectivity index (χ4v) is 2.63. The molecule has 0 spiro atoms. The van der Waals surface area contributed by atoms with Gasteiger partial charge < -0.3 is 4.52 Å². The minimum atomic E-state index is 0.430. The molecule has 0 bridgehead atoms. The molecule has 5 heteroatoms. The SMILES string of the molecule is Cc1noc(C2CN(Cc3ccsc3)C2)n1. The lowest BCUT2D eigenvalue weighted by Gasteiger charge is -2.36. The molecule has 4 nitrogen and oxygen atoms in total. The zero-order chi connectivity index (χ0) is 11.0. The first-order valence-electron chi connectivity index (χ1n) is 5.35. The lowest BCUT2D eigenvalue weighted by atomic mass is 10.00. The molecule has 3 rings (SSSR count). The van der Waals surface area contributed by atoms with Crippen molar-refractivity contribution < 1.29 is 4.52 Å². The summed E-state index contributed by atoms with van der Waals surface area (Å²) in [5.41, 5.74) is 1.39. The molecular weight excluding hydrogens is 222 g/mol. The summed E-state index contributed by atoms with van der Waals surface area (Å²) >= 11 is 1.75. The van der Waals surface area contributed by atoms with Crippen LogP contribution < -0.4 is 0 Å². The van der Waals surface area contributed by atoms with Crippen LogP contribution in [0.15, 0.2) is 21.3 Å². The largest absolute Gasteiger partial charge is 0.339 e. The van der Waals surface area contributed by atoms with Gasteiger partial charge in [-0.2, -0.15) is 16.3 Å². The first kappa shape index (κ1) is 9.99. The predicted molar refractivity (Wildman–Crippen MR) is 61.4 cm³/mol. The normalized spacial score (nSPS) is 17.6. The predicted octanol–water partition coefficient (Wildman–Crippen LogP) is 2.04. The number of hydrogen-bond acceptors (Lipinski definition) is 5. The van der Waals surface area contributed by atoms with Gasteiger partial charge in [0.15, 0.2) is 5.82 Å². The highest BCUT2D eigenvalue weighted by Crippen LogP contribution is 2.27. The molecule has 0 aliphatic carbocycles. The Morgan fingerprint density at radius 1 is 1.56 bits per heavy atom. The Hall–Kier alpha value is -1.20. The molecular formula is C11H13N3OS. The number of aryl methyl sites for hydroxylation is 1. The van der Waals surface area contributed by atoms with E-state index in [0.29, 0.717) is 5.92 Å². The Morgan fingerprint density at radius 2 is 2.44 bits per heavy atom. The highest BCUT2D eigenvalue weighted by molar-refractivity contribution is 7.07. The fourth-order valence-electron chi connectivity index (χ4n) is 1.97. The molecule has 2 aromatic rings. The van der Waals surface area contributed by atoms with Crippen LogP contribution in [0.5, 0.6) is 0 Å². The fraction of sp³-hybridized carbons (Fsp3) is 0.455. The van der Waals surface area contributed by atoms with E-state index < -0.39 is 0 Å². The molecule has 0 aromatic carbocycles. The van der Waals surface area contributed by atoms with E-state index in [-0.39, 0.29) is 0 Å². The van der Waals surface area contributed by atoms with Crippen molar-refractivity contribution in [2.45, 2.75) is 19.4 Å². The molecule has 84 valence electrons. The van der Waals surface area contributed by atoms with Gasteiger partial charge >= 0.3 is 0 Å².